The third-order valence-corrected chi connectivity index (χ3v) is 6.27. The Hall–Kier alpha value is -3.71. The molecule has 0 spiro atoms. The number of Topliss-reactive ketones (excluding diaryl/α,β-unsaturated/α-hetero) is 1. The fraction of sp³-hybridized carbons (Fsp3) is 0.0833. The number of hydrogen-bond acceptors (Lipinski definition) is 4. The molecular weight excluding hydrogens is 412 g/mol. The summed E-state index contributed by atoms with van der Waals surface area (Å²) in [6.45, 7) is 3.73. The fourth-order valence-corrected chi connectivity index (χ4v) is 4.22. The summed E-state index contributed by atoms with van der Waals surface area (Å²) in [6, 6.07) is 19.8. The highest BCUT2D eigenvalue weighted by atomic mass is 32.2. The van der Waals surface area contributed by atoms with E-state index in [1.807, 2.05) is 13.8 Å². The molecule has 0 aliphatic carbocycles. The number of aryl methyl sites for hydroxylation is 2. The first kappa shape index (κ1) is 20.6. The van der Waals surface area contributed by atoms with Crippen LogP contribution in [0.2, 0.25) is 0 Å². The van der Waals surface area contributed by atoms with Gasteiger partial charge in [0.15, 0.2) is 11.5 Å². The van der Waals surface area contributed by atoms with Gasteiger partial charge in [0.2, 0.25) is 5.78 Å². The Morgan fingerprint density at radius 1 is 0.871 bits per heavy atom. The predicted octanol–water partition coefficient (Wildman–Crippen LogP) is 4.55. The molecule has 0 saturated heterocycles. The van der Waals surface area contributed by atoms with E-state index in [4.69, 9.17) is 0 Å². The summed E-state index contributed by atoms with van der Waals surface area (Å²) in [4.78, 5) is 16.2. The van der Waals surface area contributed by atoms with E-state index in [2.05, 4.69) is 9.38 Å². The Morgan fingerprint density at radius 3 is 2.06 bits per heavy atom. The minimum Gasteiger partial charge on any atom is -0.505 e. The number of nitrogens with one attached hydrogen (secondary N) is 1. The first-order valence-corrected chi connectivity index (χ1v) is 11.0. The second kappa shape index (κ2) is 7.85. The third kappa shape index (κ3) is 4.00. The van der Waals surface area contributed by atoms with E-state index >= 15 is 0 Å². The lowest BCUT2D eigenvalue weighted by Crippen LogP contribution is -2.19. The van der Waals surface area contributed by atoms with Gasteiger partial charge >= 0.3 is 0 Å². The number of sulfonamides is 1. The van der Waals surface area contributed by atoms with Gasteiger partial charge in [-0.2, -0.15) is 12.8 Å². The van der Waals surface area contributed by atoms with E-state index < -0.39 is 15.8 Å². The van der Waals surface area contributed by atoms with Crippen LogP contribution < -0.4 is 0 Å². The second-order valence-electron chi connectivity index (χ2n) is 7.32. The molecule has 3 aromatic carbocycles. The van der Waals surface area contributed by atoms with Gasteiger partial charge in [-0.15, -0.1) is 0 Å². The molecule has 0 bridgehead atoms. The number of rotatable bonds is 5. The molecule has 0 saturated carbocycles. The standard InChI is InChI=1S/C24H20N2O4S/c1-15-7-11-17(12-8-15)23(27)22(21-24(28)19-5-3-4-6-20(19)25-21)26-31(29,30)18-13-9-16(2)10-14-18/h3-14,25,28H,1-2H3/b26-22-. The Bertz CT molecular complexity index is 1410. The van der Waals surface area contributed by atoms with Crippen LogP contribution in [0, 0.1) is 13.8 Å². The molecular formula is C24H20N2O4S. The number of nitrogens with zero attached hydrogens (tertiary/aromatic N) is 1. The number of H-pyrrole nitrogens is 1. The van der Waals surface area contributed by atoms with E-state index in [1.54, 1.807) is 60.7 Å². The zero-order chi connectivity index (χ0) is 22.2. The van der Waals surface area contributed by atoms with E-state index in [1.165, 1.54) is 12.1 Å². The van der Waals surface area contributed by atoms with Crippen molar-refractivity contribution in [2.75, 3.05) is 0 Å². The Labute approximate surface area is 180 Å². The molecule has 31 heavy (non-hydrogen) atoms. The molecule has 1 aromatic heterocycles. The molecule has 156 valence electrons. The zero-order valence-corrected chi connectivity index (χ0v) is 17.8. The zero-order valence-electron chi connectivity index (χ0n) is 17.0. The first-order valence-electron chi connectivity index (χ1n) is 9.59. The average molecular weight is 433 g/mol. The van der Waals surface area contributed by atoms with Gasteiger partial charge in [-0.05, 0) is 38.1 Å². The topological polar surface area (TPSA) is 99.6 Å². The molecule has 0 unspecified atom stereocenters. The van der Waals surface area contributed by atoms with Gasteiger partial charge in [0.05, 0.1) is 4.90 Å². The summed E-state index contributed by atoms with van der Waals surface area (Å²) < 4.78 is 29.9. The van der Waals surface area contributed by atoms with Crippen LogP contribution in [0.15, 0.2) is 82.1 Å². The van der Waals surface area contributed by atoms with Crippen molar-refractivity contribution in [3.63, 3.8) is 0 Å². The number of carbonyl (C=O) groups is 1. The summed E-state index contributed by atoms with van der Waals surface area (Å²) in [5, 5.41) is 11.2. The van der Waals surface area contributed by atoms with Crippen molar-refractivity contribution in [3.8, 4) is 5.75 Å². The van der Waals surface area contributed by atoms with Crippen molar-refractivity contribution >= 4 is 32.4 Å². The van der Waals surface area contributed by atoms with Crippen LogP contribution in [0.5, 0.6) is 5.75 Å². The molecule has 7 heteroatoms. The maximum Gasteiger partial charge on any atom is 0.283 e. The monoisotopic (exact) mass is 432 g/mol. The van der Waals surface area contributed by atoms with Gasteiger partial charge in [0.25, 0.3) is 10.0 Å². The molecule has 1 heterocycles. The molecule has 4 rings (SSSR count). The van der Waals surface area contributed by atoms with Crippen LogP contribution in [0.3, 0.4) is 0 Å². The predicted molar refractivity (Wildman–Crippen MR) is 120 cm³/mol. The lowest BCUT2D eigenvalue weighted by molar-refractivity contribution is 0.106. The van der Waals surface area contributed by atoms with Gasteiger partial charge in [-0.25, -0.2) is 0 Å². The SMILES string of the molecule is Cc1ccc(C(=O)/C(=N\S(=O)(=O)c2ccc(C)cc2)c2[nH]c3ccccc3c2O)cc1. The maximum absolute atomic E-state index is 13.3. The number of fused-ring (bicyclic) bond motifs is 1. The van der Waals surface area contributed by atoms with Crippen LogP contribution in [0.25, 0.3) is 10.9 Å². The first-order chi connectivity index (χ1) is 14.8. The van der Waals surface area contributed by atoms with Crippen molar-refractivity contribution in [1.82, 2.24) is 4.98 Å². The number of para-hydroxylation sites is 1. The summed E-state index contributed by atoms with van der Waals surface area (Å²) in [7, 11) is -4.20. The number of hydrogen-bond donors (Lipinski definition) is 2. The Kier molecular flexibility index (Phi) is 5.20. The number of benzene rings is 3. The number of carbonyl (C=O) groups excluding carboxylic acids is 1. The fourth-order valence-electron chi connectivity index (χ4n) is 3.22. The quantitative estimate of drug-likeness (QED) is 0.357. The molecule has 0 atom stereocenters. The average Bonchev–Trinajstić information content (AvgIpc) is 3.09. The summed E-state index contributed by atoms with van der Waals surface area (Å²) in [5.74, 6) is -0.841. The lowest BCUT2D eigenvalue weighted by Gasteiger charge is -2.07. The summed E-state index contributed by atoms with van der Waals surface area (Å²) in [5.41, 5.74) is 2.26. The molecule has 0 aliphatic rings. The van der Waals surface area contributed by atoms with E-state index in [0.717, 1.165) is 11.1 Å². The van der Waals surface area contributed by atoms with Crippen LogP contribution in [0.1, 0.15) is 27.2 Å². The highest BCUT2D eigenvalue weighted by Gasteiger charge is 2.26. The number of aromatic amines is 1. The van der Waals surface area contributed by atoms with Crippen LogP contribution >= 0.6 is 0 Å². The summed E-state index contributed by atoms with van der Waals surface area (Å²) >= 11 is 0. The third-order valence-electron chi connectivity index (χ3n) is 4.97. The van der Waals surface area contributed by atoms with Crippen LogP contribution in [-0.4, -0.2) is 30.0 Å². The van der Waals surface area contributed by atoms with Crippen LogP contribution in [-0.2, 0) is 10.0 Å². The largest absolute Gasteiger partial charge is 0.505 e. The number of aromatic nitrogens is 1. The highest BCUT2D eigenvalue weighted by Crippen LogP contribution is 2.30. The summed E-state index contributed by atoms with van der Waals surface area (Å²) in [6.07, 6.45) is 0. The minimum absolute atomic E-state index is 0.0390. The van der Waals surface area contributed by atoms with Gasteiger partial charge in [-0.1, -0.05) is 59.7 Å². The Balaban J connectivity index is 1.93. The Morgan fingerprint density at radius 2 is 1.45 bits per heavy atom. The van der Waals surface area contributed by atoms with E-state index in [0.29, 0.717) is 10.9 Å². The van der Waals surface area contributed by atoms with Crippen molar-refractivity contribution in [1.29, 1.82) is 0 Å². The van der Waals surface area contributed by atoms with Crippen molar-refractivity contribution in [2.24, 2.45) is 4.40 Å². The maximum atomic E-state index is 13.3. The number of aromatic hydroxyl groups is 1. The van der Waals surface area contributed by atoms with Gasteiger partial charge in [0, 0.05) is 16.5 Å². The van der Waals surface area contributed by atoms with Gasteiger partial charge in [-0.3, -0.25) is 4.79 Å². The highest BCUT2D eigenvalue weighted by molar-refractivity contribution is 7.90. The molecule has 0 aliphatic heterocycles. The van der Waals surface area contributed by atoms with Crippen molar-refractivity contribution < 1.29 is 18.3 Å². The lowest BCUT2D eigenvalue weighted by atomic mass is 10.0. The van der Waals surface area contributed by atoms with Crippen LogP contribution in [0.4, 0.5) is 0 Å². The van der Waals surface area contributed by atoms with Gasteiger partial charge < -0.3 is 10.1 Å². The molecule has 0 amide bonds. The molecule has 0 radical (unpaired) electrons. The van der Waals surface area contributed by atoms with E-state index in [9.17, 15) is 18.3 Å². The number of ketones is 1. The molecule has 2 N–H and O–H groups in total. The molecule has 0 fully saturated rings. The second-order valence-corrected chi connectivity index (χ2v) is 8.92. The smallest absolute Gasteiger partial charge is 0.283 e. The van der Waals surface area contributed by atoms with Crippen molar-refractivity contribution in [3.05, 3.63) is 95.2 Å². The normalized spacial score (nSPS) is 12.3. The van der Waals surface area contributed by atoms with E-state index in [-0.39, 0.29) is 27.6 Å². The molecule has 4 aromatic rings. The van der Waals surface area contributed by atoms with Crippen molar-refractivity contribution in [2.45, 2.75) is 18.7 Å². The molecule has 6 nitrogen and oxygen atoms in total. The van der Waals surface area contributed by atoms with Gasteiger partial charge in [0.1, 0.15) is 5.69 Å². The minimum atomic E-state index is -4.20.